The first-order valence-corrected chi connectivity index (χ1v) is 7.07. The van der Waals surface area contributed by atoms with Crippen LogP contribution < -0.4 is 0 Å². The molecule has 0 saturated carbocycles. The first-order chi connectivity index (χ1) is 9.09. The molecule has 0 aliphatic carbocycles. The maximum absolute atomic E-state index is 13.8. The van der Waals surface area contributed by atoms with E-state index in [0.717, 1.165) is 16.6 Å². The van der Waals surface area contributed by atoms with Crippen molar-refractivity contribution < 1.29 is 4.39 Å². The van der Waals surface area contributed by atoms with E-state index in [-0.39, 0.29) is 11.9 Å². The second-order valence-corrected chi connectivity index (χ2v) is 5.56. The third kappa shape index (κ3) is 3.43. The molecule has 0 spiro atoms. The molecule has 1 unspecified atom stereocenters. The Morgan fingerprint density at radius 3 is 2.42 bits per heavy atom. The molecule has 0 aliphatic heterocycles. The molecule has 19 heavy (non-hydrogen) atoms. The molecule has 0 N–H and O–H groups in total. The molecule has 2 aromatic rings. The lowest BCUT2D eigenvalue weighted by Crippen LogP contribution is -2.22. The van der Waals surface area contributed by atoms with Crippen molar-refractivity contribution in [3.05, 3.63) is 69.9 Å². The van der Waals surface area contributed by atoms with Crippen LogP contribution >= 0.6 is 15.9 Å². The standard InChI is InChI=1S/C16H17BrFN/c1-12(14-8-4-6-10-16(14)18)19(2)11-13-7-3-5-9-15(13)17/h3-10,12H,11H2,1-2H3. The Balaban J connectivity index is 2.14. The molecule has 0 saturated heterocycles. The van der Waals surface area contributed by atoms with Crippen LogP contribution in [0.25, 0.3) is 0 Å². The summed E-state index contributed by atoms with van der Waals surface area (Å²) >= 11 is 3.54. The van der Waals surface area contributed by atoms with E-state index in [1.807, 2.05) is 44.3 Å². The quantitative estimate of drug-likeness (QED) is 0.783. The van der Waals surface area contributed by atoms with Crippen LogP contribution in [0.2, 0.25) is 0 Å². The number of halogens is 2. The van der Waals surface area contributed by atoms with E-state index in [2.05, 4.69) is 26.9 Å². The van der Waals surface area contributed by atoms with Gasteiger partial charge in [0, 0.05) is 22.6 Å². The van der Waals surface area contributed by atoms with Crippen LogP contribution in [0.5, 0.6) is 0 Å². The van der Waals surface area contributed by atoms with Gasteiger partial charge in [0.25, 0.3) is 0 Å². The fourth-order valence-electron chi connectivity index (χ4n) is 2.08. The zero-order chi connectivity index (χ0) is 13.8. The van der Waals surface area contributed by atoms with E-state index in [9.17, 15) is 4.39 Å². The normalized spacial score (nSPS) is 12.7. The van der Waals surface area contributed by atoms with Gasteiger partial charge in [0.2, 0.25) is 0 Å². The Labute approximate surface area is 122 Å². The van der Waals surface area contributed by atoms with Crippen LogP contribution in [0, 0.1) is 5.82 Å². The van der Waals surface area contributed by atoms with Crippen molar-refractivity contribution in [1.82, 2.24) is 4.90 Å². The fourth-order valence-corrected chi connectivity index (χ4v) is 2.49. The van der Waals surface area contributed by atoms with Gasteiger partial charge >= 0.3 is 0 Å². The number of hydrogen-bond donors (Lipinski definition) is 0. The van der Waals surface area contributed by atoms with Gasteiger partial charge in [-0.15, -0.1) is 0 Å². The molecule has 0 heterocycles. The minimum absolute atomic E-state index is 0.0355. The molecule has 2 rings (SSSR count). The molecule has 3 heteroatoms. The summed E-state index contributed by atoms with van der Waals surface area (Å²) in [6.07, 6.45) is 0. The third-order valence-electron chi connectivity index (χ3n) is 3.39. The van der Waals surface area contributed by atoms with Crippen molar-refractivity contribution in [3.8, 4) is 0 Å². The Morgan fingerprint density at radius 2 is 1.74 bits per heavy atom. The number of benzene rings is 2. The average Bonchev–Trinajstić information content (AvgIpc) is 2.41. The molecule has 100 valence electrons. The van der Waals surface area contributed by atoms with Crippen LogP contribution in [0.3, 0.4) is 0 Å². The topological polar surface area (TPSA) is 3.24 Å². The second kappa shape index (κ2) is 6.31. The molecule has 2 aromatic carbocycles. The highest BCUT2D eigenvalue weighted by Gasteiger charge is 2.15. The number of rotatable bonds is 4. The monoisotopic (exact) mass is 321 g/mol. The lowest BCUT2D eigenvalue weighted by Gasteiger charge is -2.25. The third-order valence-corrected chi connectivity index (χ3v) is 4.17. The van der Waals surface area contributed by atoms with Crippen molar-refractivity contribution in [2.45, 2.75) is 19.5 Å². The van der Waals surface area contributed by atoms with Crippen molar-refractivity contribution in [1.29, 1.82) is 0 Å². The van der Waals surface area contributed by atoms with Gasteiger partial charge in [0.05, 0.1) is 0 Å². The molecule has 0 bridgehead atoms. The molecule has 1 nitrogen and oxygen atoms in total. The SMILES string of the molecule is CC(c1ccccc1F)N(C)Cc1ccccc1Br. The van der Waals surface area contributed by atoms with Crippen LogP contribution in [-0.2, 0) is 6.54 Å². The van der Waals surface area contributed by atoms with Crippen molar-refractivity contribution in [2.75, 3.05) is 7.05 Å². The summed E-state index contributed by atoms with van der Waals surface area (Å²) in [6, 6.07) is 15.1. The van der Waals surface area contributed by atoms with E-state index in [4.69, 9.17) is 0 Å². The summed E-state index contributed by atoms with van der Waals surface area (Å²) in [7, 11) is 2.01. The van der Waals surface area contributed by atoms with Gasteiger partial charge in [-0.05, 0) is 31.7 Å². The van der Waals surface area contributed by atoms with E-state index >= 15 is 0 Å². The highest BCUT2D eigenvalue weighted by Crippen LogP contribution is 2.25. The molecule has 0 aromatic heterocycles. The van der Waals surface area contributed by atoms with Crippen LogP contribution in [-0.4, -0.2) is 11.9 Å². The molecule has 0 aliphatic rings. The zero-order valence-electron chi connectivity index (χ0n) is 11.1. The maximum atomic E-state index is 13.8. The molecular formula is C16H17BrFN. The summed E-state index contributed by atoms with van der Waals surface area (Å²) in [5.74, 6) is -0.144. The Hall–Kier alpha value is -1.19. The van der Waals surface area contributed by atoms with Gasteiger partial charge in [0.1, 0.15) is 5.82 Å². The first-order valence-electron chi connectivity index (χ1n) is 6.27. The van der Waals surface area contributed by atoms with Crippen molar-refractivity contribution in [2.24, 2.45) is 0 Å². The summed E-state index contributed by atoms with van der Waals surface area (Å²) in [6.45, 7) is 2.80. The lowest BCUT2D eigenvalue weighted by molar-refractivity contribution is 0.247. The second-order valence-electron chi connectivity index (χ2n) is 4.70. The number of hydrogen-bond acceptors (Lipinski definition) is 1. The van der Waals surface area contributed by atoms with Gasteiger partial charge in [-0.2, -0.15) is 0 Å². The maximum Gasteiger partial charge on any atom is 0.127 e. The summed E-state index contributed by atoms with van der Waals surface area (Å²) in [5, 5.41) is 0. The zero-order valence-corrected chi connectivity index (χ0v) is 12.7. The smallest absolute Gasteiger partial charge is 0.127 e. The highest BCUT2D eigenvalue weighted by atomic mass is 79.9. The summed E-state index contributed by atoms with van der Waals surface area (Å²) in [5.41, 5.74) is 1.94. The Morgan fingerprint density at radius 1 is 1.11 bits per heavy atom. The van der Waals surface area contributed by atoms with Gasteiger partial charge in [-0.25, -0.2) is 4.39 Å². The van der Waals surface area contributed by atoms with Crippen LogP contribution in [0.15, 0.2) is 53.0 Å². The van der Waals surface area contributed by atoms with Gasteiger partial charge in [-0.3, -0.25) is 4.90 Å². The fraction of sp³-hybridized carbons (Fsp3) is 0.250. The van der Waals surface area contributed by atoms with Gasteiger partial charge in [-0.1, -0.05) is 52.3 Å². The molecular weight excluding hydrogens is 305 g/mol. The Kier molecular flexibility index (Phi) is 4.72. The summed E-state index contributed by atoms with van der Waals surface area (Å²) in [4.78, 5) is 2.14. The van der Waals surface area contributed by atoms with Gasteiger partial charge < -0.3 is 0 Å². The minimum Gasteiger partial charge on any atom is -0.295 e. The molecule has 0 radical (unpaired) electrons. The van der Waals surface area contributed by atoms with Crippen molar-refractivity contribution in [3.63, 3.8) is 0 Å². The minimum atomic E-state index is -0.144. The average molecular weight is 322 g/mol. The first kappa shape index (κ1) is 14.2. The predicted molar refractivity (Wildman–Crippen MR) is 80.4 cm³/mol. The Bertz CT molecular complexity index is 556. The predicted octanol–water partition coefficient (Wildman–Crippen LogP) is 4.78. The van der Waals surface area contributed by atoms with E-state index in [1.54, 1.807) is 6.07 Å². The lowest BCUT2D eigenvalue weighted by atomic mass is 10.1. The largest absolute Gasteiger partial charge is 0.295 e. The van der Waals surface area contributed by atoms with Crippen molar-refractivity contribution >= 4 is 15.9 Å². The van der Waals surface area contributed by atoms with Crippen LogP contribution in [0.4, 0.5) is 4.39 Å². The molecule has 0 amide bonds. The van der Waals surface area contributed by atoms with E-state index in [1.165, 1.54) is 11.6 Å². The van der Waals surface area contributed by atoms with Crippen LogP contribution in [0.1, 0.15) is 24.1 Å². The molecule has 1 atom stereocenters. The van der Waals surface area contributed by atoms with E-state index in [0.29, 0.717) is 0 Å². The van der Waals surface area contributed by atoms with E-state index < -0.39 is 0 Å². The molecule has 0 fully saturated rings. The number of nitrogens with zero attached hydrogens (tertiary/aromatic N) is 1. The summed E-state index contributed by atoms with van der Waals surface area (Å²) < 4.78 is 14.9. The van der Waals surface area contributed by atoms with Gasteiger partial charge in [0.15, 0.2) is 0 Å². The highest BCUT2D eigenvalue weighted by molar-refractivity contribution is 9.10.